The van der Waals surface area contributed by atoms with Crippen molar-refractivity contribution < 1.29 is 0 Å². The summed E-state index contributed by atoms with van der Waals surface area (Å²) in [6, 6.07) is 0. The second-order valence-electron chi connectivity index (χ2n) is 5.26. The zero-order chi connectivity index (χ0) is 14.2. The first-order valence-corrected chi connectivity index (χ1v) is 8.65. The highest BCUT2D eigenvalue weighted by Crippen LogP contribution is 2.29. The molecule has 2 rings (SSSR count). The molecule has 0 saturated heterocycles. The van der Waals surface area contributed by atoms with Crippen LogP contribution < -0.4 is 0 Å². The van der Waals surface area contributed by atoms with E-state index in [0.717, 1.165) is 12.8 Å². The summed E-state index contributed by atoms with van der Waals surface area (Å²) in [5, 5.41) is 0. The van der Waals surface area contributed by atoms with E-state index in [1.165, 1.54) is 46.0 Å². The third-order valence-corrected chi connectivity index (χ3v) is 4.36. The van der Waals surface area contributed by atoms with Crippen molar-refractivity contribution in [3.8, 4) is 0 Å². The van der Waals surface area contributed by atoms with Gasteiger partial charge < -0.3 is 0 Å². The van der Waals surface area contributed by atoms with E-state index in [4.69, 9.17) is 0 Å². The highest BCUT2D eigenvalue weighted by atomic mass is 127. The molecule has 0 spiro atoms. The zero-order valence-electron chi connectivity index (χ0n) is 12.2. The first kappa shape index (κ1) is 15.6. The van der Waals surface area contributed by atoms with Crippen molar-refractivity contribution in [2.24, 2.45) is 0 Å². The Labute approximate surface area is 136 Å². The maximum Gasteiger partial charge on any atom is 0.00928 e. The highest BCUT2D eigenvalue weighted by Gasteiger charge is 2.09. The molecule has 2 aliphatic carbocycles. The molecule has 0 nitrogen and oxygen atoms in total. The molecule has 0 aliphatic heterocycles. The van der Waals surface area contributed by atoms with Crippen LogP contribution in [0.15, 0.2) is 68.9 Å². The van der Waals surface area contributed by atoms with Gasteiger partial charge >= 0.3 is 0 Å². The maximum atomic E-state index is 2.45. The van der Waals surface area contributed by atoms with Crippen molar-refractivity contribution in [3.63, 3.8) is 0 Å². The minimum Gasteiger partial charge on any atom is -0.0842 e. The van der Waals surface area contributed by atoms with Crippen molar-refractivity contribution in [2.75, 3.05) is 0 Å². The van der Waals surface area contributed by atoms with Crippen LogP contribution in [0.4, 0.5) is 0 Å². The molecule has 0 N–H and O–H groups in total. The summed E-state index contributed by atoms with van der Waals surface area (Å²) < 4.78 is 1.36. The van der Waals surface area contributed by atoms with Crippen molar-refractivity contribution in [1.29, 1.82) is 0 Å². The Morgan fingerprint density at radius 3 is 2.80 bits per heavy atom. The summed E-state index contributed by atoms with van der Waals surface area (Å²) in [5.41, 5.74) is 4.46. The fourth-order valence-corrected chi connectivity index (χ4v) is 3.38. The van der Waals surface area contributed by atoms with Gasteiger partial charge in [0.2, 0.25) is 0 Å². The predicted molar refractivity (Wildman–Crippen MR) is 98.0 cm³/mol. The van der Waals surface area contributed by atoms with Crippen LogP contribution in [-0.4, -0.2) is 0 Å². The lowest BCUT2D eigenvalue weighted by Crippen LogP contribution is -1.96. The molecule has 0 heterocycles. The minimum atomic E-state index is 1.07. The van der Waals surface area contributed by atoms with E-state index in [0.29, 0.717) is 0 Å². The molecule has 0 radical (unpaired) electrons. The smallest absolute Gasteiger partial charge is 0.00928 e. The van der Waals surface area contributed by atoms with Gasteiger partial charge in [0.05, 0.1) is 0 Å². The lowest BCUT2D eigenvalue weighted by atomic mass is 9.90. The zero-order valence-corrected chi connectivity index (χ0v) is 14.4. The monoisotopic (exact) mass is 378 g/mol. The largest absolute Gasteiger partial charge is 0.0842 e. The van der Waals surface area contributed by atoms with Gasteiger partial charge in [-0.3, -0.25) is 0 Å². The van der Waals surface area contributed by atoms with Crippen LogP contribution in [0.25, 0.3) is 0 Å². The van der Waals surface area contributed by atoms with Crippen molar-refractivity contribution in [1.82, 2.24) is 0 Å². The van der Waals surface area contributed by atoms with Gasteiger partial charge in [-0.2, -0.15) is 0 Å². The van der Waals surface area contributed by atoms with E-state index in [1.54, 1.807) is 0 Å². The highest BCUT2D eigenvalue weighted by molar-refractivity contribution is 14.1. The molecule has 0 aromatic rings. The lowest BCUT2D eigenvalue weighted by Gasteiger charge is -2.16. The third-order valence-electron chi connectivity index (χ3n) is 3.60. The van der Waals surface area contributed by atoms with E-state index in [2.05, 4.69) is 78.1 Å². The van der Waals surface area contributed by atoms with Gasteiger partial charge in [-0.1, -0.05) is 49.5 Å². The Bertz CT molecular complexity index is 510. The molecule has 0 amide bonds. The number of allylic oxidation sites excluding steroid dienone is 12. The number of halogens is 1. The molecule has 0 fully saturated rings. The molecule has 0 aromatic heterocycles. The average Bonchev–Trinajstić information content (AvgIpc) is 2.49. The van der Waals surface area contributed by atoms with Crippen LogP contribution in [0, 0.1) is 0 Å². The van der Waals surface area contributed by atoms with E-state index >= 15 is 0 Å². The molecule has 20 heavy (non-hydrogen) atoms. The van der Waals surface area contributed by atoms with Gasteiger partial charge in [-0.25, -0.2) is 0 Å². The van der Waals surface area contributed by atoms with Crippen LogP contribution in [0.5, 0.6) is 0 Å². The average molecular weight is 378 g/mol. The van der Waals surface area contributed by atoms with Crippen LogP contribution in [0.1, 0.15) is 45.4 Å². The van der Waals surface area contributed by atoms with Gasteiger partial charge in [0.25, 0.3) is 0 Å². The predicted octanol–water partition coefficient (Wildman–Crippen LogP) is 6.58. The van der Waals surface area contributed by atoms with Crippen LogP contribution in [-0.2, 0) is 0 Å². The summed E-state index contributed by atoms with van der Waals surface area (Å²) in [7, 11) is 0. The summed E-state index contributed by atoms with van der Waals surface area (Å²) in [6.07, 6.45) is 25.3. The van der Waals surface area contributed by atoms with Gasteiger partial charge in [0.1, 0.15) is 0 Å². The van der Waals surface area contributed by atoms with Crippen molar-refractivity contribution in [2.45, 2.75) is 45.4 Å². The van der Waals surface area contributed by atoms with Crippen molar-refractivity contribution >= 4 is 22.6 Å². The fraction of sp³-hybridized carbons (Fsp3) is 0.368. The Balaban J connectivity index is 2.21. The second kappa shape index (κ2) is 8.46. The Kier molecular flexibility index (Phi) is 6.58. The van der Waals surface area contributed by atoms with E-state index in [-0.39, 0.29) is 0 Å². The molecule has 2 aliphatic rings. The normalized spacial score (nSPS) is 19.9. The first-order chi connectivity index (χ1) is 9.79. The van der Waals surface area contributed by atoms with Crippen LogP contribution in [0.2, 0.25) is 0 Å². The summed E-state index contributed by atoms with van der Waals surface area (Å²) in [4.78, 5) is 0. The van der Waals surface area contributed by atoms with E-state index in [1.807, 2.05) is 0 Å². The molecular formula is C19H23I. The summed E-state index contributed by atoms with van der Waals surface area (Å²) in [5.74, 6) is 0. The SMILES string of the molecule is CC/C=C(I)\C=C(/CC1=CCCC=C1)C1=CC=CCC1. The number of hydrogen-bond donors (Lipinski definition) is 0. The molecule has 0 aromatic carbocycles. The van der Waals surface area contributed by atoms with Crippen molar-refractivity contribution in [3.05, 3.63) is 68.9 Å². The topological polar surface area (TPSA) is 0 Å². The van der Waals surface area contributed by atoms with Gasteiger partial charge in [-0.05, 0) is 83.9 Å². The number of rotatable bonds is 5. The lowest BCUT2D eigenvalue weighted by molar-refractivity contribution is 0.935. The molecule has 1 heteroatoms. The fourth-order valence-electron chi connectivity index (χ4n) is 2.57. The van der Waals surface area contributed by atoms with Crippen LogP contribution >= 0.6 is 22.6 Å². The minimum absolute atomic E-state index is 1.07. The first-order valence-electron chi connectivity index (χ1n) is 7.57. The third kappa shape index (κ3) is 4.93. The molecule has 106 valence electrons. The molecule has 0 bridgehead atoms. The van der Waals surface area contributed by atoms with Gasteiger partial charge in [0, 0.05) is 3.58 Å². The van der Waals surface area contributed by atoms with Gasteiger partial charge in [-0.15, -0.1) is 0 Å². The Morgan fingerprint density at radius 1 is 1.25 bits per heavy atom. The quantitative estimate of drug-likeness (QED) is 0.374. The summed E-state index contributed by atoms with van der Waals surface area (Å²) >= 11 is 2.45. The molecular weight excluding hydrogens is 355 g/mol. The van der Waals surface area contributed by atoms with Crippen LogP contribution in [0.3, 0.4) is 0 Å². The molecule has 0 saturated carbocycles. The van der Waals surface area contributed by atoms with E-state index < -0.39 is 0 Å². The Hall–Kier alpha value is -0.830. The number of hydrogen-bond acceptors (Lipinski definition) is 0. The standard InChI is InChI=1S/C19H23I/c1-2-9-19(20)15-18(17-12-7-4-8-13-17)14-16-10-5-3-6-11-16/h4-5,7,9-12,15H,2-3,6,8,13-14H2,1H3/b18-15+,19-9+. The molecule has 0 atom stereocenters. The Morgan fingerprint density at radius 2 is 2.15 bits per heavy atom. The van der Waals surface area contributed by atoms with E-state index in [9.17, 15) is 0 Å². The maximum absolute atomic E-state index is 2.45. The second-order valence-corrected chi connectivity index (χ2v) is 6.51. The summed E-state index contributed by atoms with van der Waals surface area (Å²) in [6.45, 7) is 2.20. The molecule has 0 unspecified atom stereocenters. The van der Waals surface area contributed by atoms with Gasteiger partial charge in [0.15, 0.2) is 0 Å².